The summed E-state index contributed by atoms with van der Waals surface area (Å²) in [5.74, 6) is 0. The number of hydrogen-bond donors (Lipinski definition) is 0. The monoisotopic (exact) mass is 422 g/mol. The van der Waals surface area contributed by atoms with Crippen molar-refractivity contribution in [2.45, 2.75) is 172 Å². The molecular weight excluding hydrogens is 367 g/mol. The normalized spacial score (nSPS) is 24.1. The van der Waals surface area contributed by atoms with E-state index in [1.807, 2.05) is 0 Å². The molecule has 0 spiro atoms. The van der Waals surface area contributed by atoms with Crippen molar-refractivity contribution in [3.8, 4) is 0 Å². The van der Waals surface area contributed by atoms with Crippen LogP contribution in [-0.2, 0) is 0 Å². The Labute approximate surface area is 186 Å². The zero-order valence-corrected chi connectivity index (χ0v) is 21.2. The summed E-state index contributed by atoms with van der Waals surface area (Å²) in [6.45, 7) is 2.31. The molecule has 0 aromatic carbocycles. The summed E-state index contributed by atoms with van der Waals surface area (Å²) in [5.41, 5.74) is 2.39. The summed E-state index contributed by atoms with van der Waals surface area (Å²) < 4.78 is 0. The summed E-state index contributed by atoms with van der Waals surface area (Å²) in [6.07, 6.45) is 38.1. The standard InChI is InChI=1S/C28H55P/c1-2-3-4-5-6-7-8-9-10-11-12-13-14-15-16-17-18-21-26-29-27-22-19-20-23-28(29)25-24-27/h27-28H,2-26H2,1H3/t27-,28-/m0/s1. The topological polar surface area (TPSA) is 0 Å². The summed E-state index contributed by atoms with van der Waals surface area (Å²) in [6, 6.07) is 0. The summed E-state index contributed by atoms with van der Waals surface area (Å²) >= 11 is 0. The van der Waals surface area contributed by atoms with Crippen LogP contribution in [-0.4, -0.2) is 17.5 Å². The lowest BCUT2D eigenvalue weighted by atomic mass is 10.0. The molecule has 2 heterocycles. The van der Waals surface area contributed by atoms with E-state index in [1.165, 1.54) is 120 Å². The third kappa shape index (κ3) is 12.1. The minimum atomic E-state index is 0.446. The van der Waals surface area contributed by atoms with Crippen LogP contribution in [0.5, 0.6) is 0 Å². The molecule has 0 nitrogen and oxygen atoms in total. The third-order valence-corrected chi connectivity index (χ3v) is 11.6. The van der Waals surface area contributed by atoms with E-state index in [9.17, 15) is 0 Å². The van der Waals surface area contributed by atoms with E-state index in [1.54, 1.807) is 51.1 Å². The van der Waals surface area contributed by atoms with Gasteiger partial charge in [0.2, 0.25) is 0 Å². The van der Waals surface area contributed by atoms with Crippen LogP contribution in [0.3, 0.4) is 0 Å². The molecule has 1 heteroatoms. The quantitative estimate of drug-likeness (QED) is 0.143. The van der Waals surface area contributed by atoms with Crippen molar-refractivity contribution in [2.75, 3.05) is 6.16 Å². The second-order valence-electron chi connectivity index (χ2n) is 10.4. The first-order valence-corrected chi connectivity index (χ1v) is 15.8. The Morgan fingerprint density at radius 1 is 0.448 bits per heavy atom. The van der Waals surface area contributed by atoms with E-state index in [0.717, 1.165) is 0 Å². The van der Waals surface area contributed by atoms with Gasteiger partial charge >= 0.3 is 0 Å². The lowest BCUT2D eigenvalue weighted by Crippen LogP contribution is -2.03. The van der Waals surface area contributed by atoms with E-state index in [2.05, 4.69) is 6.92 Å². The zero-order chi connectivity index (χ0) is 20.4. The highest BCUT2D eigenvalue weighted by Gasteiger charge is 2.35. The minimum Gasteiger partial charge on any atom is -0.100 e. The lowest BCUT2D eigenvalue weighted by molar-refractivity contribution is 0.526. The Morgan fingerprint density at radius 2 is 0.793 bits per heavy atom. The Balaban J connectivity index is 1.26. The van der Waals surface area contributed by atoms with Gasteiger partial charge in [0.25, 0.3) is 0 Å². The Kier molecular flexibility index (Phi) is 16.0. The molecule has 0 aliphatic carbocycles. The molecule has 0 unspecified atom stereocenters. The predicted molar refractivity (Wildman–Crippen MR) is 136 cm³/mol. The lowest BCUT2D eigenvalue weighted by Gasteiger charge is -2.23. The van der Waals surface area contributed by atoms with Gasteiger partial charge in [0.05, 0.1) is 0 Å². The van der Waals surface area contributed by atoms with Crippen molar-refractivity contribution in [2.24, 2.45) is 0 Å². The fraction of sp³-hybridized carbons (Fsp3) is 1.00. The third-order valence-electron chi connectivity index (χ3n) is 7.87. The molecule has 0 amide bonds. The Hall–Kier alpha value is 0.430. The Bertz CT molecular complexity index is 338. The molecule has 2 saturated heterocycles. The summed E-state index contributed by atoms with van der Waals surface area (Å²) in [5, 5.41) is 0. The highest BCUT2D eigenvalue weighted by atomic mass is 31.1. The molecule has 2 aliphatic heterocycles. The van der Waals surface area contributed by atoms with Crippen molar-refractivity contribution >= 4 is 7.92 Å². The fourth-order valence-electron chi connectivity index (χ4n) is 5.96. The number of hydrogen-bond acceptors (Lipinski definition) is 0. The van der Waals surface area contributed by atoms with Gasteiger partial charge in [-0.1, -0.05) is 129 Å². The predicted octanol–water partition coefficient (Wildman–Crippen LogP) is 10.6. The zero-order valence-electron chi connectivity index (χ0n) is 20.3. The molecule has 0 N–H and O–H groups in total. The molecule has 0 saturated carbocycles. The van der Waals surface area contributed by atoms with Crippen LogP contribution in [0.25, 0.3) is 0 Å². The van der Waals surface area contributed by atoms with Crippen molar-refractivity contribution in [1.29, 1.82) is 0 Å². The molecule has 2 fully saturated rings. The van der Waals surface area contributed by atoms with E-state index >= 15 is 0 Å². The van der Waals surface area contributed by atoms with Gasteiger partial charge in [0.15, 0.2) is 0 Å². The highest BCUT2D eigenvalue weighted by molar-refractivity contribution is 7.59. The second kappa shape index (κ2) is 18.0. The largest absolute Gasteiger partial charge is 0.100 e. The van der Waals surface area contributed by atoms with Crippen LogP contribution < -0.4 is 0 Å². The molecule has 172 valence electrons. The SMILES string of the molecule is CCCCCCCCCCCCCCCCCCCCP1[C@H]2CCCC[C@H]1CC2. The van der Waals surface area contributed by atoms with Gasteiger partial charge in [0.1, 0.15) is 0 Å². The van der Waals surface area contributed by atoms with Gasteiger partial charge in [-0.25, -0.2) is 0 Å². The molecule has 0 aromatic rings. The minimum absolute atomic E-state index is 0.446. The maximum Gasteiger partial charge on any atom is -0.0206 e. The maximum absolute atomic E-state index is 2.31. The Morgan fingerprint density at radius 3 is 1.17 bits per heavy atom. The maximum atomic E-state index is 2.31. The van der Waals surface area contributed by atoms with Crippen LogP contribution in [0.1, 0.15) is 161 Å². The van der Waals surface area contributed by atoms with Crippen LogP contribution >= 0.6 is 7.92 Å². The van der Waals surface area contributed by atoms with Gasteiger partial charge in [-0.05, 0) is 49.6 Å². The van der Waals surface area contributed by atoms with Crippen molar-refractivity contribution in [1.82, 2.24) is 0 Å². The average molecular weight is 423 g/mol. The van der Waals surface area contributed by atoms with E-state index < -0.39 is 0 Å². The summed E-state index contributed by atoms with van der Waals surface area (Å²) in [4.78, 5) is 0. The van der Waals surface area contributed by atoms with Crippen molar-refractivity contribution < 1.29 is 0 Å². The number of unbranched alkanes of at least 4 members (excludes halogenated alkanes) is 17. The molecule has 0 aromatic heterocycles. The van der Waals surface area contributed by atoms with Gasteiger partial charge in [-0.3, -0.25) is 0 Å². The van der Waals surface area contributed by atoms with Gasteiger partial charge in [-0.15, -0.1) is 7.92 Å². The van der Waals surface area contributed by atoms with Crippen LogP contribution in [0.4, 0.5) is 0 Å². The molecule has 2 bridgehead atoms. The molecule has 29 heavy (non-hydrogen) atoms. The first kappa shape index (κ1) is 25.7. The molecule has 2 aliphatic rings. The molecule has 2 rings (SSSR count). The van der Waals surface area contributed by atoms with Crippen LogP contribution in [0, 0.1) is 0 Å². The molecule has 0 radical (unpaired) electrons. The first-order valence-electron chi connectivity index (χ1n) is 14.2. The number of rotatable bonds is 19. The van der Waals surface area contributed by atoms with Crippen LogP contribution in [0.15, 0.2) is 0 Å². The van der Waals surface area contributed by atoms with E-state index in [0.29, 0.717) is 7.92 Å². The van der Waals surface area contributed by atoms with Gasteiger partial charge in [0, 0.05) is 0 Å². The summed E-state index contributed by atoms with van der Waals surface area (Å²) in [7, 11) is 0.446. The van der Waals surface area contributed by atoms with Gasteiger partial charge < -0.3 is 0 Å². The highest BCUT2D eigenvalue weighted by Crippen LogP contribution is 2.60. The average Bonchev–Trinajstić information content (AvgIpc) is 2.98. The van der Waals surface area contributed by atoms with Crippen molar-refractivity contribution in [3.05, 3.63) is 0 Å². The van der Waals surface area contributed by atoms with Gasteiger partial charge in [-0.2, -0.15) is 0 Å². The number of fused-ring (bicyclic) bond motifs is 2. The smallest absolute Gasteiger partial charge is 0.0206 e. The first-order chi connectivity index (χ1) is 14.4. The molecule has 2 atom stereocenters. The van der Waals surface area contributed by atoms with Crippen LogP contribution in [0.2, 0.25) is 0 Å². The second-order valence-corrected chi connectivity index (χ2v) is 13.4. The fourth-order valence-corrected chi connectivity index (χ4v) is 9.86. The van der Waals surface area contributed by atoms with E-state index in [-0.39, 0.29) is 0 Å². The van der Waals surface area contributed by atoms with E-state index in [4.69, 9.17) is 0 Å². The van der Waals surface area contributed by atoms with Crippen molar-refractivity contribution in [3.63, 3.8) is 0 Å². The molecular formula is C28H55P.